The van der Waals surface area contributed by atoms with Gasteiger partial charge in [0.1, 0.15) is 73.0 Å². The second-order valence-electron chi connectivity index (χ2n) is 27.0. The third-order valence-corrected chi connectivity index (χ3v) is 18.7. The number of primary amides is 1. The van der Waals surface area contributed by atoms with Gasteiger partial charge in [-0.05, 0) is 93.8 Å². The van der Waals surface area contributed by atoms with Gasteiger partial charge >= 0.3 is 5.97 Å². The van der Waals surface area contributed by atoms with Crippen LogP contribution in [-0.2, 0) is 92.8 Å². The van der Waals surface area contributed by atoms with Crippen LogP contribution in [0.2, 0.25) is 0 Å². The maximum absolute atomic E-state index is 15.3. The Balaban J connectivity index is 1.47. The summed E-state index contributed by atoms with van der Waals surface area (Å²) in [7, 11) is 0. The van der Waals surface area contributed by atoms with Crippen LogP contribution in [0.4, 0.5) is 0 Å². The number of carboxylic acid groups (broad SMARTS) is 1. The summed E-state index contributed by atoms with van der Waals surface area (Å²) < 4.78 is 0. The van der Waals surface area contributed by atoms with Crippen LogP contribution in [0.1, 0.15) is 81.0 Å². The van der Waals surface area contributed by atoms with E-state index in [2.05, 4.69) is 88.7 Å². The van der Waals surface area contributed by atoms with Crippen molar-refractivity contribution in [3.05, 3.63) is 144 Å². The number of aromatic nitrogens is 1. The molecule has 0 saturated heterocycles. The lowest BCUT2D eigenvalue weighted by molar-refractivity contribution is -0.147. The van der Waals surface area contributed by atoms with E-state index in [1.165, 1.54) is 0 Å². The molecule has 0 spiro atoms. The van der Waals surface area contributed by atoms with E-state index < -0.39 is 200 Å². The minimum Gasteiger partial charge on any atom is -0.480 e. The van der Waals surface area contributed by atoms with Crippen LogP contribution in [0.5, 0.6) is 0 Å². The number of thiol groups is 2. The number of carbonyl (C=O) groups excluding carboxylic acids is 13. The standard InChI is InChI=1S/C75H106N18O18S2/c1-42(95)62(74(110)89-56(34-46-22-10-5-11-23-46)73(109)92-63(43(2)96)75(111)93(38-61(98)99)31-30-81-66(102)59(41-113)90-64(100)49(78)39-94)91-68(104)53(27-15-17-29-77)84-71(107)57(35-47-37-82-51-25-13-12-24-48(47)51)87-70(106)55(33-45-20-8-4-9-21-45)85-69(105)54(32-44-18-6-3-7-19-44)86-72(108)58(36-60(80)97)88-67(103)52(26-14-16-28-76)83-65(101)50(79)40-112/h3-13,18-25,37,42-43,49-50,52-59,62-63,82,94-96,112-113H,14-17,26-36,38-41,76-79H2,1-2H3,(H2,80,97)(H,81,102)(H,83,101)(H,84,107)(H,85,105)(H,86,108)(H,87,106)(H,88,103)(H,89,110)(H,90,100)(H,91,104)(H,92,109)(H,98,99)/t42-,43-,49+,50+,52+,53+,54+,55+,56+,57+,58+,59+,62+,63+/m1/s1. The molecule has 13 amide bonds. The molecular weight excluding hydrogens is 1510 g/mol. The van der Waals surface area contributed by atoms with Crippen molar-refractivity contribution < 1.29 is 87.5 Å². The number of hydrogen-bond donors (Lipinski definition) is 23. The molecule has 5 rings (SSSR count). The highest BCUT2D eigenvalue weighted by molar-refractivity contribution is 7.80. The summed E-state index contributed by atoms with van der Waals surface area (Å²) in [6, 6.07) is 13.3. The molecule has 0 aliphatic rings. The SMILES string of the molecule is C[C@@H](O)[C@H](NC(=O)[C@H](CCCCN)NC(=O)[C@H](Cc1c[nH]c2ccccc12)NC(=O)[C@H](Cc1ccccc1)NC(=O)[C@H](Cc1ccccc1)NC(=O)[C@H](CC(N)=O)NC(=O)[C@H](CCCCN)NC(=O)[C@@H](N)CS)C(=O)N[C@@H](Cc1ccccc1)C(=O)N[C@H](C(=O)N(CCNC(=O)[C@H](CS)NC(=O)[C@@H](N)CO)CC(=O)O)[C@@H](C)O. The van der Waals surface area contributed by atoms with Crippen LogP contribution in [-0.4, -0.2) is 249 Å². The van der Waals surface area contributed by atoms with Crippen molar-refractivity contribution in [3.63, 3.8) is 0 Å². The number of aliphatic hydroxyl groups excluding tert-OH is 3. The fourth-order valence-electron chi connectivity index (χ4n) is 11.7. The number of para-hydroxylation sites is 1. The fraction of sp³-hybridized carbons (Fsp3) is 0.467. The van der Waals surface area contributed by atoms with Gasteiger partial charge in [-0.15, -0.1) is 0 Å². The first kappa shape index (κ1) is 93.0. The Bertz CT molecular complexity index is 3980. The molecule has 36 nitrogen and oxygen atoms in total. The van der Waals surface area contributed by atoms with E-state index in [1.807, 2.05) is 0 Å². The molecule has 1 heterocycles. The highest BCUT2D eigenvalue weighted by Crippen LogP contribution is 2.21. The van der Waals surface area contributed by atoms with Crippen LogP contribution < -0.4 is 87.2 Å². The number of amides is 13. The van der Waals surface area contributed by atoms with E-state index in [1.54, 1.807) is 121 Å². The van der Waals surface area contributed by atoms with E-state index in [0.717, 1.165) is 13.8 Å². The quantitative estimate of drug-likeness (QED) is 0.0128. The molecule has 5 aromatic rings. The molecule has 0 radical (unpaired) electrons. The number of fused-ring (bicyclic) bond motifs is 1. The van der Waals surface area contributed by atoms with Crippen molar-refractivity contribution in [1.82, 2.24) is 68.4 Å². The predicted molar refractivity (Wildman–Crippen MR) is 423 cm³/mol. The number of rotatable bonds is 50. The zero-order valence-corrected chi connectivity index (χ0v) is 64.6. The number of aromatic amines is 1. The minimum absolute atomic E-state index is 0.0435. The number of nitrogens with one attached hydrogen (secondary N) is 12. The molecule has 1 aromatic heterocycles. The summed E-state index contributed by atoms with van der Waals surface area (Å²) in [6.45, 7) is -0.0651. The second kappa shape index (κ2) is 48.4. The lowest BCUT2D eigenvalue weighted by Crippen LogP contribution is -2.63. The Morgan fingerprint density at radius 2 is 0.841 bits per heavy atom. The van der Waals surface area contributed by atoms with Gasteiger partial charge in [-0.3, -0.25) is 67.1 Å². The summed E-state index contributed by atoms with van der Waals surface area (Å²) >= 11 is 8.15. The lowest BCUT2D eigenvalue weighted by atomic mass is 10.00. The van der Waals surface area contributed by atoms with Crippen molar-refractivity contribution in [2.45, 2.75) is 169 Å². The molecule has 0 unspecified atom stereocenters. The summed E-state index contributed by atoms with van der Waals surface area (Å²) in [5.74, 6) is -14.7. The number of aliphatic hydroxyl groups is 3. The van der Waals surface area contributed by atoms with E-state index in [0.29, 0.717) is 57.3 Å². The van der Waals surface area contributed by atoms with Gasteiger partial charge in [0.2, 0.25) is 76.8 Å². The number of benzene rings is 4. The zero-order valence-electron chi connectivity index (χ0n) is 62.8. The second-order valence-corrected chi connectivity index (χ2v) is 27.8. The molecule has 616 valence electrons. The van der Waals surface area contributed by atoms with Crippen molar-refractivity contribution in [2.24, 2.45) is 28.7 Å². The van der Waals surface area contributed by atoms with Gasteiger partial charge in [-0.1, -0.05) is 109 Å². The van der Waals surface area contributed by atoms with E-state index in [9.17, 15) is 73.2 Å². The van der Waals surface area contributed by atoms with Gasteiger partial charge < -0.3 is 117 Å². The molecule has 4 aromatic carbocycles. The highest BCUT2D eigenvalue weighted by atomic mass is 32.1. The van der Waals surface area contributed by atoms with Crippen molar-refractivity contribution in [2.75, 3.05) is 50.8 Å². The van der Waals surface area contributed by atoms with Gasteiger partial charge in [0.25, 0.3) is 0 Å². The summed E-state index contributed by atoms with van der Waals surface area (Å²) in [5.41, 5.74) is 31.3. The normalized spacial score (nSPS) is 14.9. The number of H-pyrrole nitrogens is 1. The van der Waals surface area contributed by atoms with Gasteiger partial charge in [0.15, 0.2) is 0 Å². The number of unbranched alkanes of at least 4 members (excludes halogenated alkanes) is 2. The van der Waals surface area contributed by atoms with E-state index in [4.69, 9.17) is 28.7 Å². The largest absolute Gasteiger partial charge is 0.480 e. The van der Waals surface area contributed by atoms with E-state index >= 15 is 14.4 Å². The molecule has 14 atom stereocenters. The molecule has 0 fully saturated rings. The molecular formula is C75H106N18O18S2. The van der Waals surface area contributed by atoms with Gasteiger partial charge in [-0.2, -0.15) is 25.3 Å². The minimum atomic E-state index is -1.92. The van der Waals surface area contributed by atoms with Crippen LogP contribution in [0.25, 0.3) is 10.9 Å². The number of nitrogens with zero attached hydrogens (tertiary/aromatic N) is 1. The molecule has 38 heteroatoms. The maximum Gasteiger partial charge on any atom is 0.323 e. The van der Waals surface area contributed by atoms with Crippen molar-refractivity contribution in [1.29, 1.82) is 0 Å². The fourth-order valence-corrected chi connectivity index (χ4v) is 12.2. The highest BCUT2D eigenvalue weighted by Gasteiger charge is 2.39. The van der Waals surface area contributed by atoms with Crippen LogP contribution in [0.15, 0.2) is 121 Å². The Kier molecular flexibility index (Phi) is 39.8. The maximum atomic E-state index is 15.3. The first-order valence-electron chi connectivity index (χ1n) is 36.8. The average molecular weight is 1610 g/mol. The van der Waals surface area contributed by atoms with E-state index in [-0.39, 0.29) is 69.5 Å². The van der Waals surface area contributed by atoms with Crippen LogP contribution in [0.3, 0.4) is 0 Å². The predicted octanol–water partition coefficient (Wildman–Crippen LogP) is -5.28. The van der Waals surface area contributed by atoms with Crippen molar-refractivity contribution in [3.8, 4) is 0 Å². The molecule has 0 aliphatic carbocycles. The van der Waals surface area contributed by atoms with Gasteiger partial charge in [-0.25, -0.2) is 0 Å². The first-order valence-corrected chi connectivity index (χ1v) is 38.1. The molecule has 0 saturated carbocycles. The Morgan fingerprint density at radius 3 is 1.29 bits per heavy atom. The zero-order chi connectivity index (χ0) is 83.3. The smallest absolute Gasteiger partial charge is 0.323 e. The number of carbonyl (C=O) groups is 14. The summed E-state index contributed by atoms with van der Waals surface area (Å²) in [6.07, 6.45) is -2.55. The van der Waals surface area contributed by atoms with Gasteiger partial charge in [0, 0.05) is 67.4 Å². The van der Waals surface area contributed by atoms with Crippen LogP contribution in [0, 0.1) is 0 Å². The number of hydrogen-bond acceptors (Lipinski definition) is 23. The lowest BCUT2D eigenvalue weighted by Gasteiger charge is -2.31. The summed E-state index contributed by atoms with van der Waals surface area (Å²) in [5, 5.41) is 70.2. The average Bonchev–Trinajstić information content (AvgIpc) is 1.72. The monoisotopic (exact) mass is 1610 g/mol. The Hall–Kier alpha value is -10.6. The third kappa shape index (κ3) is 31.1. The first-order chi connectivity index (χ1) is 53.9. The Morgan fingerprint density at radius 1 is 0.451 bits per heavy atom. The third-order valence-electron chi connectivity index (χ3n) is 18.0. The van der Waals surface area contributed by atoms with Crippen LogP contribution >= 0.6 is 25.3 Å². The number of aliphatic carboxylic acids is 1. The van der Waals surface area contributed by atoms with Crippen molar-refractivity contribution >= 4 is 119 Å². The topological polar surface area (TPSA) is 601 Å². The molecule has 113 heavy (non-hydrogen) atoms. The summed E-state index contributed by atoms with van der Waals surface area (Å²) in [4.78, 5) is 199. The number of nitrogens with two attached hydrogens (primary N) is 5. The molecule has 26 N–H and O–H groups in total. The number of carboxylic acids is 1. The molecule has 0 bridgehead atoms. The molecule has 0 aliphatic heterocycles. The Labute approximate surface area is 664 Å². The van der Waals surface area contributed by atoms with Gasteiger partial charge in [0.05, 0.1) is 31.3 Å².